The van der Waals surface area contributed by atoms with Gasteiger partial charge in [-0.1, -0.05) is 13.8 Å². The summed E-state index contributed by atoms with van der Waals surface area (Å²) in [5.41, 5.74) is 0. The summed E-state index contributed by atoms with van der Waals surface area (Å²) in [6, 6.07) is 0. The van der Waals surface area contributed by atoms with Gasteiger partial charge in [0.1, 0.15) is 0 Å². The summed E-state index contributed by atoms with van der Waals surface area (Å²) >= 11 is 0. The first kappa shape index (κ1) is 9.92. The van der Waals surface area contributed by atoms with E-state index in [1.54, 1.807) is 0 Å². The van der Waals surface area contributed by atoms with E-state index in [4.69, 9.17) is 9.84 Å². The van der Waals surface area contributed by atoms with Crippen molar-refractivity contribution < 1.29 is 9.84 Å². The van der Waals surface area contributed by atoms with Crippen LogP contribution in [0.15, 0.2) is 0 Å². The first-order valence-corrected chi connectivity index (χ1v) is 4.16. The predicted octanol–water partition coefficient (Wildman–Crippen LogP) is 1.57. The van der Waals surface area contributed by atoms with Gasteiger partial charge in [-0.2, -0.15) is 0 Å². The van der Waals surface area contributed by atoms with Crippen LogP contribution in [0.25, 0.3) is 0 Å². The number of rotatable bonds is 1. The van der Waals surface area contributed by atoms with Crippen molar-refractivity contribution in [3.8, 4) is 0 Å². The fourth-order valence-corrected chi connectivity index (χ4v) is 0.951. The molecule has 0 saturated carbocycles. The molecule has 0 aromatic carbocycles. The maximum atomic E-state index is 8.57. The van der Waals surface area contributed by atoms with Gasteiger partial charge < -0.3 is 9.84 Å². The van der Waals surface area contributed by atoms with Crippen LogP contribution in [0.5, 0.6) is 0 Å². The molecule has 0 bridgehead atoms. The van der Waals surface area contributed by atoms with Crippen LogP contribution >= 0.6 is 0 Å². The van der Waals surface area contributed by atoms with E-state index >= 15 is 0 Å². The molecule has 1 atom stereocenters. The van der Waals surface area contributed by atoms with Crippen LogP contribution in [0.4, 0.5) is 0 Å². The standard InChI is InChI=1S/C6H12O2.C2H6/c7-5-6-3-1-2-4-8-6;1-2/h6-7H,1-5H2;1-2H3. The number of aliphatic hydroxyl groups excluding tert-OH is 1. The maximum absolute atomic E-state index is 8.57. The minimum Gasteiger partial charge on any atom is -0.394 e. The second-order valence-electron chi connectivity index (χ2n) is 2.17. The molecule has 0 radical (unpaired) electrons. The van der Waals surface area contributed by atoms with Gasteiger partial charge in [-0.25, -0.2) is 0 Å². The van der Waals surface area contributed by atoms with E-state index in [0.717, 1.165) is 19.4 Å². The van der Waals surface area contributed by atoms with Gasteiger partial charge in [0.05, 0.1) is 12.7 Å². The quantitative estimate of drug-likeness (QED) is 0.608. The molecule has 2 heteroatoms. The summed E-state index contributed by atoms with van der Waals surface area (Å²) in [6.45, 7) is 5.03. The van der Waals surface area contributed by atoms with E-state index in [9.17, 15) is 0 Å². The van der Waals surface area contributed by atoms with E-state index in [2.05, 4.69) is 0 Å². The molecule has 0 amide bonds. The third kappa shape index (κ3) is 3.85. The molecule has 1 fully saturated rings. The molecule has 1 rings (SSSR count). The fraction of sp³-hybridized carbons (Fsp3) is 1.00. The highest BCUT2D eigenvalue weighted by Crippen LogP contribution is 2.10. The minimum absolute atomic E-state index is 0.142. The Labute approximate surface area is 63.2 Å². The second-order valence-corrected chi connectivity index (χ2v) is 2.17. The summed E-state index contributed by atoms with van der Waals surface area (Å²) in [6.07, 6.45) is 3.56. The number of aliphatic hydroxyl groups is 1. The molecule has 0 aromatic heterocycles. The Hall–Kier alpha value is -0.0800. The van der Waals surface area contributed by atoms with Crippen molar-refractivity contribution >= 4 is 0 Å². The van der Waals surface area contributed by atoms with E-state index < -0.39 is 0 Å². The monoisotopic (exact) mass is 146 g/mol. The Morgan fingerprint density at radius 2 is 2.10 bits per heavy atom. The largest absolute Gasteiger partial charge is 0.394 e. The molecular formula is C8H18O2. The van der Waals surface area contributed by atoms with Crippen molar-refractivity contribution in [1.82, 2.24) is 0 Å². The third-order valence-corrected chi connectivity index (χ3v) is 1.48. The average Bonchev–Trinajstić information content (AvgIpc) is 2.10. The van der Waals surface area contributed by atoms with Gasteiger partial charge in [-0.3, -0.25) is 0 Å². The Morgan fingerprint density at radius 3 is 2.40 bits per heavy atom. The van der Waals surface area contributed by atoms with Crippen LogP contribution in [0.3, 0.4) is 0 Å². The highest BCUT2D eigenvalue weighted by atomic mass is 16.5. The van der Waals surface area contributed by atoms with Crippen LogP contribution in [-0.4, -0.2) is 24.4 Å². The Kier molecular flexibility index (Phi) is 6.98. The third-order valence-electron chi connectivity index (χ3n) is 1.48. The molecule has 0 aliphatic carbocycles. The van der Waals surface area contributed by atoms with Gasteiger partial charge in [0.25, 0.3) is 0 Å². The van der Waals surface area contributed by atoms with Crippen molar-refractivity contribution in [3.05, 3.63) is 0 Å². The van der Waals surface area contributed by atoms with Gasteiger partial charge in [0.2, 0.25) is 0 Å². The molecule has 0 aromatic rings. The van der Waals surface area contributed by atoms with Crippen LogP contribution in [0.1, 0.15) is 33.1 Å². The van der Waals surface area contributed by atoms with Gasteiger partial charge in [-0.15, -0.1) is 0 Å². The van der Waals surface area contributed by atoms with Crippen molar-refractivity contribution in [2.45, 2.75) is 39.2 Å². The maximum Gasteiger partial charge on any atom is 0.0805 e. The van der Waals surface area contributed by atoms with Gasteiger partial charge in [0.15, 0.2) is 0 Å². The fourth-order valence-electron chi connectivity index (χ4n) is 0.951. The highest BCUT2D eigenvalue weighted by Gasteiger charge is 2.10. The number of hydrogen-bond donors (Lipinski definition) is 1. The van der Waals surface area contributed by atoms with E-state index in [-0.39, 0.29) is 12.7 Å². The molecule has 1 saturated heterocycles. The lowest BCUT2D eigenvalue weighted by Gasteiger charge is -2.19. The predicted molar refractivity (Wildman–Crippen MR) is 42.0 cm³/mol. The minimum atomic E-state index is 0.142. The topological polar surface area (TPSA) is 29.5 Å². The molecule has 1 heterocycles. The molecule has 1 aliphatic rings. The Bertz CT molecular complexity index is 58.3. The first-order valence-electron chi connectivity index (χ1n) is 4.16. The van der Waals surface area contributed by atoms with Gasteiger partial charge in [0, 0.05) is 6.61 Å². The molecule has 10 heavy (non-hydrogen) atoms. The average molecular weight is 146 g/mol. The van der Waals surface area contributed by atoms with Crippen molar-refractivity contribution in [2.75, 3.05) is 13.2 Å². The van der Waals surface area contributed by atoms with Crippen LogP contribution in [0.2, 0.25) is 0 Å². The number of hydrogen-bond acceptors (Lipinski definition) is 2. The lowest BCUT2D eigenvalue weighted by molar-refractivity contribution is -0.0172. The Balaban J connectivity index is 0.000000371. The summed E-state index contributed by atoms with van der Waals surface area (Å²) in [5.74, 6) is 0. The van der Waals surface area contributed by atoms with Crippen LogP contribution in [-0.2, 0) is 4.74 Å². The van der Waals surface area contributed by atoms with Gasteiger partial charge >= 0.3 is 0 Å². The van der Waals surface area contributed by atoms with Crippen LogP contribution < -0.4 is 0 Å². The normalized spacial score (nSPS) is 24.9. The summed E-state index contributed by atoms with van der Waals surface area (Å²) in [4.78, 5) is 0. The lowest BCUT2D eigenvalue weighted by Crippen LogP contribution is -2.22. The SMILES string of the molecule is CC.OCC1CCCCO1. The molecule has 62 valence electrons. The first-order chi connectivity index (χ1) is 4.93. The van der Waals surface area contributed by atoms with E-state index in [0.29, 0.717) is 0 Å². The smallest absolute Gasteiger partial charge is 0.0805 e. The Morgan fingerprint density at radius 1 is 1.40 bits per heavy atom. The molecule has 1 unspecified atom stereocenters. The van der Waals surface area contributed by atoms with Crippen LogP contribution in [0, 0.1) is 0 Å². The van der Waals surface area contributed by atoms with E-state index in [1.807, 2.05) is 13.8 Å². The molecule has 2 nitrogen and oxygen atoms in total. The second kappa shape index (κ2) is 7.03. The lowest BCUT2D eigenvalue weighted by atomic mass is 10.1. The summed E-state index contributed by atoms with van der Waals surface area (Å²) in [5, 5.41) is 8.57. The molecule has 1 aliphatic heterocycles. The van der Waals surface area contributed by atoms with Crippen molar-refractivity contribution in [3.63, 3.8) is 0 Å². The van der Waals surface area contributed by atoms with Crippen molar-refractivity contribution in [1.29, 1.82) is 0 Å². The zero-order valence-corrected chi connectivity index (χ0v) is 6.97. The summed E-state index contributed by atoms with van der Waals surface area (Å²) < 4.78 is 5.18. The van der Waals surface area contributed by atoms with E-state index in [1.165, 1.54) is 6.42 Å². The zero-order valence-electron chi connectivity index (χ0n) is 6.97. The molecular weight excluding hydrogens is 128 g/mol. The zero-order chi connectivity index (χ0) is 7.82. The summed E-state index contributed by atoms with van der Waals surface area (Å²) in [7, 11) is 0. The molecule has 1 N–H and O–H groups in total. The molecule has 0 spiro atoms. The highest BCUT2D eigenvalue weighted by molar-refractivity contribution is 4.60. The van der Waals surface area contributed by atoms with Gasteiger partial charge in [-0.05, 0) is 19.3 Å². The van der Waals surface area contributed by atoms with Crippen molar-refractivity contribution in [2.24, 2.45) is 0 Å². The number of ether oxygens (including phenoxy) is 1.